The quantitative estimate of drug-likeness (QED) is 0.142. The zero-order chi connectivity index (χ0) is 27.6. The van der Waals surface area contributed by atoms with Gasteiger partial charge in [0.15, 0.2) is 5.82 Å². The summed E-state index contributed by atoms with van der Waals surface area (Å²) < 4.78 is 72.4. The van der Waals surface area contributed by atoms with E-state index in [4.69, 9.17) is 0 Å². The third kappa shape index (κ3) is 5.93. The van der Waals surface area contributed by atoms with Crippen LogP contribution in [0, 0.1) is 18.6 Å². The van der Waals surface area contributed by atoms with Gasteiger partial charge in [-0.1, -0.05) is 30.3 Å². The second-order valence-electron chi connectivity index (χ2n) is 8.09. The smallest absolute Gasteiger partial charge is 0.406 e. The van der Waals surface area contributed by atoms with E-state index >= 15 is 0 Å². The average Bonchev–Trinajstić information content (AvgIpc) is 3.52. The van der Waals surface area contributed by atoms with Crippen molar-refractivity contribution in [2.45, 2.75) is 13.3 Å². The lowest BCUT2D eigenvalue weighted by Crippen LogP contribution is -2.17. The predicted molar refractivity (Wildman–Crippen MR) is 135 cm³/mol. The van der Waals surface area contributed by atoms with Crippen LogP contribution in [0.3, 0.4) is 0 Å². The molecule has 5 aromatic rings. The van der Waals surface area contributed by atoms with Gasteiger partial charge >= 0.3 is 6.36 Å². The highest BCUT2D eigenvalue weighted by molar-refractivity contribution is 7.07. The maximum atomic E-state index is 14.3. The second-order valence-corrected chi connectivity index (χ2v) is 8.92. The maximum Gasteiger partial charge on any atom is 0.573 e. The Bertz CT molecular complexity index is 1680. The lowest BCUT2D eigenvalue weighted by atomic mass is 10.1. The van der Waals surface area contributed by atoms with Gasteiger partial charge in [0.2, 0.25) is 4.80 Å². The molecule has 0 aliphatic heterocycles. The van der Waals surface area contributed by atoms with Crippen molar-refractivity contribution in [3.63, 3.8) is 0 Å². The molecular weight excluding hydrogens is 539 g/mol. The number of benzene rings is 3. The van der Waals surface area contributed by atoms with E-state index in [2.05, 4.69) is 25.0 Å². The van der Waals surface area contributed by atoms with Gasteiger partial charge in [0.05, 0.1) is 11.9 Å². The molecule has 0 unspecified atom stereocenters. The Morgan fingerprint density at radius 2 is 1.64 bits per heavy atom. The molecule has 0 saturated heterocycles. The SMILES string of the molecule is Cc1cs/c(=N\N=C\c2ccc(-c3ncn(-c4ccc(OC(F)(F)F)cc4)n3)cc2)n1-c1c(F)cccc1F. The summed E-state index contributed by atoms with van der Waals surface area (Å²) in [5, 5.41) is 14.3. The van der Waals surface area contributed by atoms with Gasteiger partial charge in [-0.25, -0.2) is 18.4 Å². The lowest BCUT2D eigenvalue weighted by molar-refractivity contribution is -0.274. The molecule has 0 N–H and O–H groups in total. The number of thiazole rings is 1. The molecule has 0 spiro atoms. The molecule has 0 bridgehead atoms. The second kappa shape index (κ2) is 10.6. The number of ether oxygens (including phenoxy) is 1. The number of aryl methyl sites for hydroxylation is 1. The van der Waals surface area contributed by atoms with E-state index in [-0.39, 0.29) is 11.4 Å². The van der Waals surface area contributed by atoms with Crippen molar-refractivity contribution in [1.82, 2.24) is 19.3 Å². The first-order valence-electron chi connectivity index (χ1n) is 11.2. The van der Waals surface area contributed by atoms with Crippen molar-refractivity contribution in [3.8, 4) is 28.5 Å². The number of nitrogens with zero attached hydrogens (tertiary/aromatic N) is 6. The molecule has 7 nitrogen and oxygen atoms in total. The van der Waals surface area contributed by atoms with Crippen molar-refractivity contribution in [1.29, 1.82) is 0 Å². The van der Waals surface area contributed by atoms with Gasteiger partial charge in [0.1, 0.15) is 29.4 Å². The zero-order valence-electron chi connectivity index (χ0n) is 20.0. The summed E-state index contributed by atoms with van der Waals surface area (Å²) in [6.07, 6.45) is -1.82. The predicted octanol–water partition coefficient (Wildman–Crippen LogP) is 6.21. The van der Waals surface area contributed by atoms with Crippen LogP contribution < -0.4 is 9.54 Å². The van der Waals surface area contributed by atoms with E-state index in [0.29, 0.717) is 33.1 Å². The third-order valence-electron chi connectivity index (χ3n) is 5.39. The largest absolute Gasteiger partial charge is 0.573 e. The van der Waals surface area contributed by atoms with Crippen molar-refractivity contribution in [3.05, 3.63) is 106 Å². The highest BCUT2D eigenvalue weighted by Crippen LogP contribution is 2.24. The molecule has 0 radical (unpaired) electrons. The van der Waals surface area contributed by atoms with Crippen molar-refractivity contribution in [2.75, 3.05) is 0 Å². The Hall–Kier alpha value is -4.65. The topological polar surface area (TPSA) is 69.6 Å². The molecule has 198 valence electrons. The maximum absolute atomic E-state index is 14.3. The van der Waals surface area contributed by atoms with Crippen molar-refractivity contribution < 1.29 is 26.7 Å². The summed E-state index contributed by atoms with van der Waals surface area (Å²) in [6, 6.07) is 16.0. The zero-order valence-corrected chi connectivity index (χ0v) is 20.8. The van der Waals surface area contributed by atoms with Gasteiger partial charge in [-0.2, -0.15) is 5.10 Å². The summed E-state index contributed by atoms with van der Waals surface area (Å²) in [5.74, 6) is -1.35. The van der Waals surface area contributed by atoms with Crippen LogP contribution in [-0.4, -0.2) is 31.9 Å². The van der Waals surface area contributed by atoms with Crippen LogP contribution in [-0.2, 0) is 0 Å². The fourth-order valence-corrected chi connectivity index (χ4v) is 4.44. The molecule has 0 fully saturated rings. The Kier molecular flexibility index (Phi) is 7.07. The fraction of sp³-hybridized carbons (Fsp3) is 0.0769. The van der Waals surface area contributed by atoms with Gasteiger partial charge in [-0.3, -0.25) is 4.57 Å². The standard InChI is InChI=1S/C26H17F5N6OS/c1-16-14-39-25(37(16)23-21(27)3-2-4-22(23)28)34-33-13-17-5-7-18(8-6-17)24-32-15-36(35-24)19-9-11-20(12-10-19)38-26(29,30)31/h2-15H,1H3/b33-13+,34-25-. The van der Waals surface area contributed by atoms with Crippen LogP contribution in [0.1, 0.15) is 11.3 Å². The number of alkyl halides is 3. The first-order chi connectivity index (χ1) is 18.7. The summed E-state index contributed by atoms with van der Waals surface area (Å²) in [7, 11) is 0. The van der Waals surface area contributed by atoms with Gasteiger partial charge in [-0.15, -0.1) is 34.7 Å². The van der Waals surface area contributed by atoms with E-state index in [1.54, 1.807) is 36.6 Å². The minimum atomic E-state index is -4.77. The summed E-state index contributed by atoms with van der Waals surface area (Å²) in [6.45, 7) is 1.72. The van der Waals surface area contributed by atoms with Gasteiger partial charge in [0.25, 0.3) is 0 Å². The highest BCUT2D eigenvalue weighted by Gasteiger charge is 2.31. The number of para-hydroxylation sites is 1. The summed E-state index contributed by atoms with van der Waals surface area (Å²) in [4.78, 5) is 4.56. The van der Waals surface area contributed by atoms with E-state index in [0.717, 1.165) is 0 Å². The molecule has 0 saturated carbocycles. The number of rotatable bonds is 6. The molecular formula is C26H17F5N6OS. The Morgan fingerprint density at radius 1 is 0.949 bits per heavy atom. The van der Waals surface area contributed by atoms with Gasteiger partial charge < -0.3 is 4.74 Å². The highest BCUT2D eigenvalue weighted by atomic mass is 32.1. The van der Waals surface area contributed by atoms with Crippen LogP contribution in [0.5, 0.6) is 5.75 Å². The molecule has 0 amide bonds. The first kappa shape index (κ1) is 26.0. The molecule has 3 aromatic carbocycles. The third-order valence-corrected chi connectivity index (χ3v) is 6.32. The number of aromatic nitrogens is 4. The van der Waals surface area contributed by atoms with E-state index in [9.17, 15) is 22.0 Å². The normalized spacial score (nSPS) is 12.4. The Labute approximate surface area is 221 Å². The lowest BCUT2D eigenvalue weighted by Gasteiger charge is -2.09. The molecule has 5 rings (SSSR count). The summed E-state index contributed by atoms with van der Waals surface area (Å²) >= 11 is 1.20. The number of halogens is 5. The molecule has 2 heterocycles. The van der Waals surface area contributed by atoms with Crippen LogP contribution in [0.2, 0.25) is 0 Å². The van der Waals surface area contributed by atoms with Crippen LogP contribution >= 0.6 is 11.3 Å². The van der Waals surface area contributed by atoms with Gasteiger partial charge in [-0.05, 0) is 48.9 Å². The molecule has 13 heteroatoms. The fourth-order valence-electron chi connectivity index (χ4n) is 3.62. The van der Waals surface area contributed by atoms with Crippen LogP contribution in [0.15, 0.2) is 88.6 Å². The molecule has 2 aromatic heterocycles. The molecule has 0 aliphatic carbocycles. The van der Waals surface area contributed by atoms with Crippen LogP contribution in [0.25, 0.3) is 22.8 Å². The Balaban J connectivity index is 1.31. The number of hydrogen-bond donors (Lipinski definition) is 0. The minimum Gasteiger partial charge on any atom is -0.406 e. The van der Waals surface area contributed by atoms with Crippen LogP contribution in [0.4, 0.5) is 22.0 Å². The van der Waals surface area contributed by atoms with Gasteiger partial charge in [0, 0.05) is 16.6 Å². The molecule has 0 aliphatic rings. The summed E-state index contributed by atoms with van der Waals surface area (Å²) in [5.41, 5.74) is 2.30. The monoisotopic (exact) mass is 556 g/mol. The van der Waals surface area contributed by atoms with E-state index < -0.39 is 18.0 Å². The minimum absolute atomic E-state index is 0.216. The number of hydrogen-bond acceptors (Lipinski definition) is 6. The average molecular weight is 557 g/mol. The van der Waals surface area contributed by atoms with Crippen molar-refractivity contribution >= 4 is 17.6 Å². The Morgan fingerprint density at radius 3 is 2.31 bits per heavy atom. The first-order valence-corrected chi connectivity index (χ1v) is 12.1. The van der Waals surface area contributed by atoms with E-state index in [1.165, 1.54) is 75.6 Å². The molecule has 0 atom stereocenters. The van der Waals surface area contributed by atoms with Crippen molar-refractivity contribution in [2.24, 2.45) is 10.2 Å². The molecule has 39 heavy (non-hydrogen) atoms. The van der Waals surface area contributed by atoms with E-state index in [1.807, 2.05) is 0 Å².